The van der Waals surface area contributed by atoms with Crippen LogP contribution in [0.1, 0.15) is 71.3 Å². The van der Waals surface area contributed by atoms with Crippen LogP contribution in [0, 0.1) is 10.8 Å². The van der Waals surface area contributed by atoms with E-state index in [0.29, 0.717) is 36.8 Å². The second-order valence-corrected chi connectivity index (χ2v) is 12.2. The van der Waals surface area contributed by atoms with Crippen LogP contribution in [0.4, 0.5) is 0 Å². The maximum absolute atomic E-state index is 13.8. The van der Waals surface area contributed by atoms with Crippen molar-refractivity contribution < 1.29 is 19.1 Å². The summed E-state index contributed by atoms with van der Waals surface area (Å²) in [5.41, 5.74) is 4.21. The number of halogens is 1. The number of hydrogen-bond donors (Lipinski definition) is 0. The minimum absolute atomic E-state index is 0.121. The van der Waals surface area contributed by atoms with E-state index in [-0.39, 0.29) is 22.4 Å². The Morgan fingerprint density at radius 2 is 1.61 bits per heavy atom. The van der Waals surface area contributed by atoms with Gasteiger partial charge in [-0.1, -0.05) is 58.0 Å². The van der Waals surface area contributed by atoms with Gasteiger partial charge in [0.25, 0.3) is 0 Å². The highest BCUT2D eigenvalue weighted by molar-refractivity contribution is 6.32. The topological polar surface area (TPSA) is 55.8 Å². The van der Waals surface area contributed by atoms with E-state index in [4.69, 9.17) is 21.1 Å². The molecule has 3 aliphatic rings. The van der Waals surface area contributed by atoms with Gasteiger partial charge in [-0.25, -0.2) is 0 Å². The normalized spacial score (nSPS) is 21.4. The lowest BCUT2D eigenvalue weighted by Gasteiger charge is -2.49. The first-order valence-corrected chi connectivity index (χ1v) is 13.2. The molecular weight excluding hydrogens is 474 g/mol. The summed E-state index contributed by atoms with van der Waals surface area (Å²) < 4.78 is 11.0. The van der Waals surface area contributed by atoms with Gasteiger partial charge in [0.05, 0.1) is 5.02 Å². The molecular formula is C30H38ClNO4. The van der Waals surface area contributed by atoms with E-state index in [1.54, 1.807) is 13.2 Å². The van der Waals surface area contributed by atoms with Gasteiger partial charge >= 0.3 is 0 Å². The van der Waals surface area contributed by atoms with Crippen LogP contribution >= 0.6 is 11.6 Å². The fraction of sp³-hybridized carbons (Fsp3) is 0.533. The Labute approximate surface area is 220 Å². The van der Waals surface area contributed by atoms with E-state index in [0.717, 1.165) is 53.9 Å². The molecule has 36 heavy (non-hydrogen) atoms. The van der Waals surface area contributed by atoms with E-state index < -0.39 is 5.92 Å². The van der Waals surface area contributed by atoms with Gasteiger partial charge in [-0.2, -0.15) is 0 Å². The van der Waals surface area contributed by atoms with Gasteiger partial charge in [-0.3, -0.25) is 9.59 Å². The largest absolute Gasteiger partial charge is 0.488 e. The van der Waals surface area contributed by atoms with E-state index in [2.05, 4.69) is 39.2 Å². The lowest BCUT2D eigenvalue weighted by Crippen LogP contribution is -2.44. The first-order valence-electron chi connectivity index (χ1n) is 12.8. The third-order valence-corrected chi connectivity index (χ3v) is 7.69. The molecule has 0 aromatic heterocycles. The zero-order valence-electron chi connectivity index (χ0n) is 22.2. The van der Waals surface area contributed by atoms with Crippen molar-refractivity contribution in [2.75, 3.05) is 26.9 Å². The van der Waals surface area contributed by atoms with E-state index in [1.807, 2.05) is 18.2 Å². The Bertz CT molecular complexity index is 1090. The van der Waals surface area contributed by atoms with Crippen LogP contribution in [-0.2, 0) is 14.3 Å². The molecule has 1 aromatic rings. The number of carbonyl (C=O) groups is 2. The number of hydrogen-bond acceptors (Lipinski definition) is 5. The van der Waals surface area contributed by atoms with Crippen LogP contribution in [-0.4, -0.2) is 43.3 Å². The fourth-order valence-corrected chi connectivity index (χ4v) is 6.22. The molecule has 0 fully saturated rings. The van der Waals surface area contributed by atoms with E-state index in [1.165, 1.54) is 0 Å². The van der Waals surface area contributed by atoms with Gasteiger partial charge in [-0.05, 0) is 47.8 Å². The second kappa shape index (κ2) is 10.2. The molecule has 0 bridgehead atoms. The molecule has 0 saturated carbocycles. The smallest absolute Gasteiger partial charge is 0.162 e. The average molecular weight is 512 g/mol. The molecule has 1 heterocycles. The molecule has 0 saturated heterocycles. The van der Waals surface area contributed by atoms with Crippen molar-refractivity contribution in [1.29, 1.82) is 0 Å². The Balaban J connectivity index is 1.91. The minimum Gasteiger partial charge on any atom is -0.488 e. The van der Waals surface area contributed by atoms with Crippen LogP contribution in [0.5, 0.6) is 5.75 Å². The highest BCUT2D eigenvalue weighted by atomic mass is 35.5. The molecule has 1 aliphatic heterocycles. The molecule has 5 nitrogen and oxygen atoms in total. The lowest BCUT2D eigenvalue weighted by atomic mass is 9.63. The number of ether oxygens (including phenoxy) is 2. The molecule has 0 radical (unpaired) electrons. The van der Waals surface area contributed by atoms with Crippen molar-refractivity contribution in [2.24, 2.45) is 10.8 Å². The SMILES string of the molecule is C=CCOc1ccc(C2C3=C(CC(C)(C)CC3=O)N(CCCOC)C3=C2C(=O)CC(C)(C)C3)cc1Cl. The maximum atomic E-state index is 13.8. The molecule has 4 rings (SSSR count). The summed E-state index contributed by atoms with van der Waals surface area (Å²) >= 11 is 6.63. The quantitative estimate of drug-likeness (QED) is 0.289. The minimum atomic E-state index is -0.410. The summed E-state index contributed by atoms with van der Waals surface area (Å²) in [5, 5.41) is 0.466. The number of carbonyl (C=O) groups excluding carboxylic acids is 2. The highest BCUT2D eigenvalue weighted by Gasteiger charge is 2.48. The molecule has 0 spiro atoms. The van der Waals surface area contributed by atoms with Gasteiger partial charge in [0.2, 0.25) is 0 Å². The van der Waals surface area contributed by atoms with Crippen LogP contribution in [0.15, 0.2) is 53.4 Å². The predicted molar refractivity (Wildman–Crippen MR) is 143 cm³/mol. The van der Waals surface area contributed by atoms with E-state index in [9.17, 15) is 9.59 Å². The predicted octanol–water partition coefficient (Wildman–Crippen LogP) is 6.63. The van der Waals surface area contributed by atoms with Crippen LogP contribution < -0.4 is 4.74 Å². The number of ketones is 2. The molecule has 2 aliphatic carbocycles. The summed E-state index contributed by atoms with van der Waals surface area (Å²) in [6.07, 6.45) is 4.99. The Kier molecular flexibility index (Phi) is 7.55. The number of allylic oxidation sites excluding steroid dienone is 4. The summed E-state index contributed by atoms with van der Waals surface area (Å²) in [6.45, 7) is 14.0. The standard InChI is InChI=1S/C30H38ClNO4/c1-7-12-36-25-10-9-19(14-20(25)31)26-27-21(15-29(2,3)17-23(27)33)32(11-8-13-35-6)22-16-30(4,5)18-24(34)28(22)26/h7,9-10,14,26H,1,8,11-13,15-18H2,2-6H3. The Hall–Kier alpha value is -2.37. The van der Waals surface area contributed by atoms with Gasteiger partial charge < -0.3 is 14.4 Å². The third kappa shape index (κ3) is 5.19. The molecule has 0 N–H and O–H groups in total. The van der Waals surface area contributed by atoms with Crippen LogP contribution in [0.3, 0.4) is 0 Å². The number of rotatable bonds is 8. The maximum Gasteiger partial charge on any atom is 0.162 e. The highest BCUT2D eigenvalue weighted by Crippen LogP contribution is 2.54. The molecule has 1 aromatic carbocycles. The second-order valence-electron chi connectivity index (χ2n) is 11.8. The van der Waals surface area contributed by atoms with Gasteiger partial charge in [0.15, 0.2) is 11.6 Å². The summed E-state index contributed by atoms with van der Waals surface area (Å²) in [6, 6.07) is 5.65. The van der Waals surface area contributed by atoms with Gasteiger partial charge in [-0.15, -0.1) is 0 Å². The van der Waals surface area contributed by atoms with Gasteiger partial charge in [0, 0.05) is 61.6 Å². The van der Waals surface area contributed by atoms with E-state index >= 15 is 0 Å². The van der Waals surface area contributed by atoms with Crippen molar-refractivity contribution in [2.45, 2.75) is 65.7 Å². The van der Waals surface area contributed by atoms with Gasteiger partial charge in [0.1, 0.15) is 12.4 Å². The van der Waals surface area contributed by atoms with Crippen molar-refractivity contribution in [3.8, 4) is 5.75 Å². The average Bonchev–Trinajstić information content (AvgIpc) is 2.77. The van der Waals surface area contributed by atoms with Crippen molar-refractivity contribution in [3.63, 3.8) is 0 Å². The molecule has 0 atom stereocenters. The summed E-state index contributed by atoms with van der Waals surface area (Å²) in [7, 11) is 1.70. The van der Waals surface area contributed by atoms with Crippen molar-refractivity contribution >= 4 is 23.2 Å². The van der Waals surface area contributed by atoms with Crippen LogP contribution in [0.25, 0.3) is 0 Å². The number of nitrogens with zero attached hydrogens (tertiary/aromatic N) is 1. The first-order chi connectivity index (χ1) is 17.0. The Morgan fingerprint density at radius 1 is 1.03 bits per heavy atom. The third-order valence-electron chi connectivity index (χ3n) is 7.40. The first kappa shape index (κ1) is 26.7. The lowest BCUT2D eigenvalue weighted by molar-refractivity contribution is -0.119. The monoisotopic (exact) mass is 511 g/mol. The molecule has 0 unspecified atom stereocenters. The zero-order chi connectivity index (χ0) is 26.3. The Morgan fingerprint density at radius 3 is 2.11 bits per heavy atom. The fourth-order valence-electron chi connectivity index (χ4n) is 5.98. The van der Waals surface area contributed by atoms with Crippen molar-refractivity contribution in [3.05, 3.63) is 64.0 Å². The number of methoxy groups -OCH3 is 1. The van der Waals surface area contributed by atoms with Crippen LogP contribution in [0.2, 0.25) is 5.02 Å². The molecule has 0 amide bonds. The number of Topliss-reactive ketones (excluding diaryl/α,β-unsaturated/α-hetero) is 2. The molecule has 194 valence electrons. The number of benzene rings is 1. The summed E-state index contributed by atoms with van der Waals surface area (Å²) in [4.78, 5) is 29.9. The zero-order valence-corrected chi connectivity index (χ0v) is 23.0. The molecule has 6 heteroatoms. The van der Waals surface area contributed by atoms with Crippen molar-refractivity contribution in [1.82, 2.24) is 4.90 Å². The summed E-state index contributed by atoms with van der Waals surface area (Å²) in [5.74, 6) is 0.394.